The Morgan fingerprint density at radius 2 is 1.88 bits per heavy atom. The van der Waals surface area contributed by atoms with Gasteiger partial charge in [0.25, 0.3) is 5.91 Å². The van der Waals surface area contributed by atoms with Crippen LogP contribution < -0.4 is 5.43 Å². The number of hydrogen-bond acceptors (Lipinski definition) is 4. The Kier molecular flexibility index (Phi) is 6.54. The van der Waals surface area contributed by atoms with Gasteiger partial charge >= 0.3 is 0 Å². The first-order valence-corrected chi connectivity index (χ1v) is 7.67. The molecule has 0 aliphatic heterocycles. The molecule has 2 rings (SSSR count). The Hall–Kier alpha value is -2.63. The normalized spacial score (nSPS) is 11.2. The number of aromatic hydroxyl groups is 1. The van der Waals surface area contributed by atoms with E-state index in [0.29, 0.717) is 12.0 Å². The van der Waals surface area contributed by atoms with Gasteiger partial charge in [0.05, 0.1) is 11.2 Å². The number of benzene rings is 2. The summed E-state index contributed by atoms with van der Waals surface area (Å²) in [6, 6.07) is 11.7. The lowest BCUT2D eigenvalue weighted by Crippen LogP contribution is -2.17. The number of carbonyl (C=O) groups excluding carboxylic acids is 1. The van der Waals surface area contributed by atoms with Crippen LogP contribution in [0.4, 0.5) is 0 Å². The zero-order valence-corrected chi connectivity index (χ0v) is 13.6. The predicted molar refractivity (Wildman–Crippen MR) is 95.4 cm³/mol. The van der Waals surface area contributed by atoms with Crippen LogP contribution in [0.15, 0.2) is 53.6 Å². The molecule has 0 spiro atoms. The van der Waals surface area contributed by atoms with E-state index in [0.717, 1.165) is 11.1 Å². The molecule has 0 radical (unpaired) electrons. The largest absolute Gasteiger partial charge is 0.506 e. The maximum Gasteiger partial charge on any atom is 0.271 e. The molecule has 1 amide bonds. The molecule has 3 N–H and O–H groups in total. The fraction of sp³-hybridized carbons (Fsp3) is 0.111. The third-order valence-electron chi connectivity index (χ3n) is 3.13. The summed E-state index contributed by atoms with van der Waals surface area (Å²) in [6.45, 7) is 0.132. The van der Waals surface area contributed by atoms with Crippen LogP contribution in [0.2, 0.25) is 5.02 Å². The van der Waals surface area contributed by atoms with Gasteiger partial charge in [-0.1, -0.05) is 48.0 Å². The highest BCUT2D eigenvalue weighted by molar-refractivity contribution is 6.32. The minimum atomic E-state index is -0.420. The fourth-order valence-electron chi connectivity index (χ4n) is 1.87. The number of nitrogens with one attached hydrogen (secondary N) is 1. The van der Waals surface area contributed by atoms with Crippen LogP contribution in [0.25, 0.3) is 6.08 Å². The number of hydrogen-bond donors (Lipinski definition) is 3. The molecule has 0 saturated carbocycles. The van der Waals surface area contributed by atoms with Gasteiger partial charge in [0.2, 0.25) is 0 Å². The van der Waals surface area contributed by atoms with E-state index in [1.165, 1.54) is 24.4 Å². The van der Waals surface area contributed by atoms with Crippen molar-refractivity contribution in [2.45, 2.75) is 6.42 Å². The minimum Gasteiger partial charge on any atom is -0.506 e. The van der Waals surface area contributed by atoms with Crippen molar-refractivity contribution in [3.63, 3.8) is 0 Å². The molecule has 0 atom stereocenters. The van der Waals surface area contributed by atoms with E-state index in [-0.39, 0.29) is 17.4 Å². The molecule has 0 aromatic heterocycles. The molecule has 0 heterocycles. The molecule has 2 aromatic rings. The molecule has 0 bridgehead atoms. The second kappa shape index (κ2) is 8.86. The number of hydrazone groups is 1. The summed E-state index contributed by atoms with van der Waals surface area (Å²) in [7, 11) is 0. The molecule has 5 nitrogen and oxygen atoms in total. The topological polar surface area (TPSA) is 81.9 Å². The third-order valence-corrected chi connectivity index (χ3v) is 3.43. The van der Waals surface area contributed by atoms with Gasteiger partial charge in [-0.3, -0.25) is 4.79 Å². The number of rotatable bonds is 6. The molecule has 0 aliphatic carbocycles. The van der Waals surface area contributed by atoms with Gasteiger partial charge in [0, 0.05) is 12.2 Å². The molecular weight excluding hydrogens is 328 g/mol. The van der Waals surface area contributed by atoms with Crippen LogP contribution in [-0.2, 0) is 0 Å². The van der Waals surface area contributed by atoms with Crippen molar-refractivity contribution in [3.05, 3.63) is 70.3 Å². The van der Waals surface area contributed by atoms with E-state index >= 15 is 0 Å². The van der Waals surface area contributed by atoms with Gasteiger partial charge in [-0.25, -0.2) is 5.43 Å². The monoisotopic (exact) mass is 344 g/mol. The molecular formula is C18H17ClN2O3. The van der Waals surface area contributed by atoms with E-state index in [2.05, 4.69) is 10.5 Å². The molecule has 0 aliphatic rings. The standard InChI is InChI=1S/C18H17ClN2O3/c19-16-11-15(8-9-17(16)23)18(24)21-20-12-14-6-4-13(5-7-14)3-1-2-10-22/h1,3-9,11-12,22-23H,2,10H2,(H,21,24)/b3-1+,20-12+. The van der Waals surface area contributed by atoms with E-state index in [9.17, 15) is 9.90 Å². The summed E-state index contributed by atoms with van der Waals surface area (Å²) in [5.41, 5.74) is 4.55. The first-order valence-electron chi connectivity index (χ1n) is 7.29. The summed E-state index contributed by atoms with van der Waals surface area (Å²) >= 11 is 5.76. The van der Waals surface area contributed by atoms with E-state index in [1.54, 1.807) is 0 Å². The molecule has 0 unspecified atom stereocenters. The van der Waals surface area contributed by atoms with Crippen molar-refractivity contribution in [1.29, 1.82) is 0 Å². The number of aliphatic hydroxyl groups excluding tert-OH is 1. The summed E-state index contributed by atoms with van der Waals surface area (Å²) in [5, 5.41) is 22.1. The highest BCUT2D eigenvalue weighted by atomic mass is 35.5. The van der Waals surface area contributed by atoms with Crippen LogP contribution in [0.1, 0.15) is 27.9 Å². The number of halogens is 1. The molecule has 0 fully saturated rings. The van der Waals surface area contributed by atoms with E-state index < -0.39 is 5.91 Å². The Bertz CT molecular complexity index is 755. The molecule has 2 aromatic carbocycles. The lowest BCUT2D eigenvalue weighted by atomic mass is 10.1. The third kappa shape index (κ3) is 5.22. The predicted octanol–water partition coefficient (Wildman–Crippen LogP) is 3.21. The Morgan fingerprint density at radius 3 is 2.54 bits per heavy atom. The van der Waals surface area contributed by atoms with Crippen molar-refractivity contribution in [3.8, 4) is 5.75 Å². The van der Waals surface area contributed by atoms with E-state index in [4.69, 9.17) is 16.7 Å². The zero-order valence-electron chi connectivity index (χ0n) is 12.8. The van der Waals surface area contributed by atoms with Gasteiger partial charge in [-0.15, -0.1) is 0 Å². The van der Waals surface area contributed by atoms with Gasteiger partial charge in [-0.05, 0) is 35.7 Å². The maximum absolute atomic E-state index is 11.9. The SMILES string of the molecule is O=C(N/N=C/c1ccc(/C=C/CCO)cc1)c1ccc(O)c(Cl)c1. The second-order valence-electron chi connectivity index (χ2n) is 4.95. The molecule has 6 heteroatoms. The van der Waals surface area contributed by atoms with Gasteiger partial charge < -0.3 is 10.2 Å². The number of nitrogens with zero attached hydrogens (tertiary/aromatic N) is 1. The van der Waals surface area contributed by atoms with Crippen LogP contribution in [0, 0.1) is 0 Å². The highest BCUT2D eigenvalue weighted by Crippen LogP contribution is 2.23. The van der Waals surface area contributed by atoms with Gasteiger partial charge in [0.1, 0.15) is 5.75 Å². The molecule has 124 valence electrons. The highest BCUT2D eigenvalue weighted by Gasteiger charge is 2.07. The van der Waals surface area contributed by atoms with Gasteiger partial charge in [0.15, 0.2) is 0 Å². The lowest BCUT2D eigenvalue weighted by molar-refractivity contribution is 0.0955. The van der Waals surface area contributed by atoms with Crippen molar-refractivity contribution in [2.75, 3.05) is 6.61 Å². The van der Waals surface area contributed by atoms with Crippen LogP contribution >= 0.6 is 11.6 Å². The summed E-state index contributed by atoms with van der Waals surface area (Å²) in [6.07, 6.45) is 5.97. The molecule has 0 saturated heterocycles. The minimum absolute atomic E-state index is 0.0788. The Labute approximate surface area is 144 Å². The van der Waals surface area contributed by atoms with Gasteiger partial charge in [-0.2, -0.15) is 5.10 Å². The molecule has 24 heavy (non-hydrogen) atoms. The average molecular weight is 345 g/mol. The maximum atomic E-state index is 11.9. The average Bonchev–Trinajstić information content (AvgIpc) is 2.59. The Balaban J connectivity index is 1.93. The summed E-state index contributed by atoms with van der Waals surface area (Å²) in [4.78, 5) is 11.9. The van der Waals surface area contributed by atoms with Crippen molar-refractivity contribution in [1.82, 2.24) is 5.43 Å². The van der Waals surface area contributed by atoms with Crippen molar-refractivity contribution >= 4 is 29.8 Å². The van der Waals surface area contributed by atoms with Crippen LogP contribution in [-0.4, -0.2) is 28.9 Å². The zero-order chi connectivity index (χ0) is 17.4. The summed E-state index contributed by atoms with van der Waals surface area (Å²) < 4.78 is 0. The smallest absolute Gasteiger partial charge is 0.271 e. The summed E-state index contributed by atoms with van der Waals surface area (Å²) in [5.74, 6) is -0.499. The number of phenolic OH excluding ortho intramolecular Hbond substituents is 1. The first kappa shape index (κ1) is 17.7. The quantitative estimate of drug-likeness (QED) is 0.556. The van der Waals surface area contributed by atoms with Crippen LogP contribution in [0.5, 0.6) is 5.75 Å². The lowest BCUT2D eigenvalue weighted by Gasteiger charge is -2.02. The first-order chi connectivity index (χ1) is 11.6. The van der Waals surface area contributed by atoms with Crippen molar-refractivity contribution < 1.29 is 15.0 Å². The van der Waals surface area contributed by atoms with Crippen molar-refractivity contribution in [2.24, 2.45) is 5.10 Å². The van der Waals surface area contributed by atoms with Crippen LogP contribution in [0.3, 0.4) is 0 Å². The number of aliphatic hydroxyl groups is 1. The number of carbonyl (C=O) groups is 1. The van der Waals surface area contributed by atoms with E-state index in [1.807, 2.05) is 36.4 Å². The Morgan fingerprint density at radius 1 is 1.17 bits per heavy atom. The fourth-order valence-corrected chi connectivity index (χ4v) is 2.05. The number of amides is 1. The number of phenols is 1. The second-order valence-corrected chi connectivity index (χ2v) is 5.35.